The number of likely N-dealkylation sites (tertiary alicyclic amines) is 1. The maximum Gasteiger partial charge on any atom is 0.383 e. The molecule has 0 saturated carbocycles. The normalized spacial score (nSPS) is 22.3. The zero-order valence-electron chi connectivity index (χ0n) is 10.9. The Bertz CT molecular complexity index is 486. The summed E-state index contributed by atoms with van der Waals surface area (Å²) in [6.45, 7) is -0.229. The third-order valence-electron chi connectivity index (χ3n) is 3.44. The van der Waals surface area contributed by atoms with Crippen LogP contribution in [-0.4, -0.2) is 42.3 Å². The number of rotatable bonds is 3. The van der Waals surface area contributed by atoms with E-state index in [1.807, 2.05) is 0 Å². The second-order valence-corrected chi connectivity index (χ2v) is 4.81. The van der Waals surface area contributed by atoms with Gasteiger partial charge in [0.1, 0.15) is 0 Å². The molecule has 1 saturated heterocycles. The predicted molar refractivity (Wildman–Crippen MR) is 71.9 cm³/mol. The van der Waals surface area contributed by atoms with Crippen molar-refractivity contribution in [1.82, 2.24) is 4.90 Å². The summed E-state index contributed by atoms with van der Waals surface area (Å²) >= 11 is 0. The fourth-order valence-electron chi connectivity index (χ4n) is 2.35. The summed E-state index contributed by atoms with van der Waals surface area (Å²) in [6, 6.07) is 8.31. The number of hydrogen-bond donors (Lipinski definition) is 1. The molecule has 1 aliphatic heterocycles. The van der Waals surface area contributed by atoms with E-state index in [-0.39, 0.29) is 31.4 Å². The number of halogens is 5. The highest BCUT2D eigenvalue weighted by atomic mass is 35.5. The first-order valence-electron chi connectivity index (χ1n) is 6.10. The molecule has 1 fully saturated rings. The molecule has 0 bridgehead atoms. The summed E-state index contributed by atoms with van der Waals surface area (Å²) in [5, 5.41) is 0. The third-order valence-corrected chi connectivity index (χ3v) is 3.44. The molecule has 2 N–H and O–H groups in total. The molecule has 3 nitrogen and oxygen atoms in total. The average molecular weight is 327 g/mol. The second-order valence-electron chi connectivity index (χ2n) is 4.81. The van der Waals surface area contributed by atoms with Gasteiger partial charge >= 0.3 is 12.3 Å². The van der Waals surface area contributed by atoms with Crippen molar-refractivity contribution in [2.24, 2.45) is 5.73 Å². The molecule has 0 spiro atoms. The Morgan fingerprint density at radius 3 is 2.33 bits per heavy atom. The summed E-state index contributed by atoms with van der Waals surface area (Å²) in [6.07, 6.45) is -4.01. The SMILES string of the molecule is Cl.N[C@@H]1CN(C(=O)C(F)(F)C(F)F)C[C@H]1c1ccccc1. The Balaban J connectivity index is 0.00000220. The van der Waals surface area contributed by atoms with Crippen molar-refractivity contribution in [3.8, 4) is 0 Å². The van der Waals surface area contributed by atoms with Crippen LogP contribution in [0.15, 0.2) is 30.3 Å². The lowest BCUT2D eigenvalue weighted by Gasteiger charge is -2.22. The molecule has 2 atom stereocenters. The van der Waals surface area contributed by atoms with Gasteiger partial charge in [-0.25, -0.2) is 8.78 Å². The minimum atomic E-state index is -4.66. The fourth-order valence-corrected chi connectivity index (χ4v) is 2.35. The van der Waals surface area contributed by atoms with Gasteiger partial charge < -0.3 is 10.6 Å². The molecule has 0 aromatic heterocycles. The third kappa shape index (κ3) is 3.47. The first-order valence-corrected chi connectivity index (χ1v) is 6.10. The van der Waals surface area contributed by atoms with Gasteiger partial charge in [0.2, 0.25) is 0 Å². The number of hydrogen-bond acceptors (Lipinski definition) is 2. The van der Waals surface area contributed by atoms with Gasteiger partial charge in [0, 0.05) is 25.0 Å². The van der Waals surface area contributed by atoms with E-state index in [0.29, 0.717) is 4.90 Å². The molecular weight excluding hydrogens is 312 g/mol. The lowest BCUT2D eigenvalue weighted by molar-refractivity contribution is -0.179. The molecule has 118 valence electrons. The number of alkyl halides is 4. The molecule has 1 amide bonds. The number of nitrogens with zero attached hydrogens (tertiary/aromatic N) is 1. The molecule has 1 aromatic carbocycles. The molecule has 0 unspecified atom stereocenters. The molecule has 8 heteroatoms. The highest BCUT2D eigenvalue weighted by Crippen LogP contribution is 2.31. The Morgan fingerprint density at radius 2 is 1.81 bits per heavy atom. The number of carbonyl (C=O) groups is 1. The Morgan fingerprint density at radius 1 is 1.24 bits per heavy atom. The quantitative estimate of drug-likeness (QED) is 0.866. The molecular formula is C13H15ClF4N2O. The van der Waals surface area contributed by atoms with Gasteiger partial charge in [-0.05, 0) is 5.56 Å². The van der Waals surface area contributed by atoms with Crippen LogP contribution in [-0.2, 0) is 4.79 Å². The zero-order valence-corrected chi connectivity index (χ0v) is 11.7. The van der Waals surface area contributed by atoms with E-state index >= 15 is 0 Å². The molecule has 0 aliphatic carbocycles. The van der Waals surface area contributed by atoms with Crippen LogP contribution in [0.2, 0.25) is 0 Å². The Kier molecular flexibility index (Phi) is 5.58. The summed E-state index contributed by atoms with van der Waals surface area (Å²) in [7, 11) is 0. The van der Waals surface area contributed by atoms with E-state index in [0.717, 1.165) is 5.56 Å². The van der Waals surface area contributed by atoms with Gasteiger partial charge in [0.25, 0.3) is 5.91 Å². The van der Waals surface area contributed by atoms with Gasteiger partial charge in [-0.2, -0.15) is 8.78 Å². The number of amides is 1. The van der Waals surface area contributed by atoms with Crippen molar-refractivity contribution in [2.75, 3.05) is 13.1 Å². The van der Waals surface area contributed by atoms with Crippen molar-refractivity contribution in [3.63, 3.8) is 0 Å². The van der Waals surface area contributed by atoms with Crippen LogP contribution in [0.25, 0.3) is 0 Å². The van der Waals surface area contributed by atoms with Crippen molar-refractivity contribution in [2.45, 2.75) is 24.3 Å². The van der Waals surface area contributed by atoms with Crippen LogP contribution in [0.1, 0.15) is 11.5 Å². The van der Waals surface area contributed by atoms with Gasteiger partial charge in [0.15, 0.2) is 0 Å². The Labute approximate surface area is 125 Å². The monoisotopic (exact) mass is 326 g/mol. The van der Waals surface area contributed by atoms with Crippen molar-refractivity contribution in [3.05, 3.63) is 35.9 Å². The highest BCUT2D eigenvalue weighted by Gasteiger charge is 2.53. The lowest BCUT2D eigenvalue weighted by Crippen LogP contribution is -2.47. The first-order chi connectivity index (χ1) is 9.34. The summed E-state index contributed by atoms with van der Waals surface area (Å²) in [5.41, 5.74) is 6.63. The molecule has 1 aliphatic rings. The van der Waals surface area contributed by atoms with E-state index in [2.05, 4.69) is 0 Å². The summed E-state index contributed by atoms with van der Waals surface area (Å²) in [4.78, 5) is 12.2. The maximum absolute atomic E-state index is 13.1. The van der Waals surface area contributed by atoms with Crippen LogP contribution in [0.3, 0.4) is 0 Å². The molecule has 1 aromatic rings. The van der Waals surface area contributed by atoms with Crippen LogP contribution in [0, 0.1) is 0 Å². The average Bonchev–Trinajstić information content (AvgIpc) is 2.80. The minimum absolute atomic E-state index is 0. The largest absolute Gasteiger partial charge is 0.383 e. The number of carbonyl (C=O) groups excluding carboxylic acids is 1. The second kappa shape index (κ2) is 6.62. The summed E-state index contributed by atoms with van der Waals surface area (Å²) < 4.78 is 50.5. The first kappa shape index (κ1) is 17.7. The number of nitrogens with two attached hydrogens (primary N) is 1. The summed E-state index contributed by atoms with van der Waals surface area (Å²) in [5.74, 6) is -6.85. The van der Waals surface area contributed by atoms with Crippen LogP contribution in [0.5, 0.6) is 0 Å². The lowest BCUT2D eigenvalue weighted by atomic mass is 9.95. The van der Waals surface area contributed by atoms with E-state index in [4.69, 9.17) is 5.73 Å². The van der Waals surface area contributed by atoms with Crippen LogP contribution in [0.4, 0.5) is 17.6 Å². The van der Waals surface area contributed by atoms with Crippen molar-refractivity contribution >= 4 is 18.3 Å². The van der Waals surface area contributed by atoms with Gasteiger partial charge in [-0.3, -0.25) is 4.79 Å². The van der Waals surface area contributed by atoms with Crippen molar-refractivity contribution < 1.29 is 22.4 Å². The van der Waals surface area contributed by atoms with Gasteiger partial charge in [-0.15, -0.1) is 12.4 Å². The molecule has 2 rings (SSSR count). The zero-order chi connectivity index (χ0) is 14.9. The van der Waals surface area contributed by atoms with E-state index in [1.54, 1.807) is 30.3 Å². The van der Waals surface area contributed by atoms with Crippen molar-refractivity contribution in [1.29, 1.82) is 0 Å². The molecule has 0 radical (unpaired) electrons. The smallest absolute Gasteiger partial charge is 0.335 e. The molecule has 21 heavy (non-hydrogen) atoms. The van der Waals surface area contributed by atoms with E-state index in [1.165, 1.54) is 0 Å². The number of benzene rings is 1. The minimum Gasteiger partial charge on any atom is -0.335 e. The standard InChI is InChI=1S/C13H14F4N2O.ClH/c14-11(15)13(16,17)12(20)19-6-9(10(18)7-19)8-4-2-1-3-5-8;/h1-5,9-11H,6-7,18H2;1H/t9-,10+;/m0./s1. The predicted octanol–water partition coefficient (Wildman–Crippen LogP) is 2.26. The maximum atomic E-state index is 13.1. The van der Waals surface area contributed by atoms with Gasteiger partial charge in [0.05, 0.1) is 0 Å². The highest BCUT2D eigenvalue weighted by molar-refractivity contribution is 5.85. The van der Waals surface area contributed by atoms with Gasteiger partial charge in [-0.1, -0.05) is 30.3 Å². The topological polar surface area (TPSA) is 46.3 Å². The van der Waals surface area contributed by atoms with E-state index in [9.17, 15) is 22.4 Å². The molecule has 1 heterocycles. The van der Waals surface area contributed by atoms with Crippen LogP contribution >= 0.6 is 12.4 Å². The Hall–Kier alpha value is -1.34. The van der Waals surface area contributed by atoms with E-state index < -0.39 is 24.3 Å². The fraction of sp³-hybridized carbons (Fsp3) is 0.462. The van der Waals surface area contributed by atoms with Crippen LogP contribution < -0.4 is 5.73 Å².